The summed E-state index contributed by atoms with van der Waals surface area (Å²) >= 11 is 1.38. The first-order chi connectivity index (χ1) is 11.5. The second kappa shape index (κ2) is 6.62. The molecule has 1 amide bonds. The summed E-state index contributed by atoms with van der Waals surface area (Å²) in [4.78, 5) is 16.5. The van der Waals surface area contributed by atoms with E-state index in [0.717, 1.165) is 33.1 Å². The lowest BCUT2D eigenvalue weighted by atomic mass is 10.1. The van der Waals surface area contributed by atoms with Crippen molar-refractivity contribution in [3.63, 3.8) is 0 Å². The van der Waals surface area contributed by atoms with Gasteiger partial charge in [-0.15, -0.1) is 11.3 Å². The molecule has 0 saturated carbocycles. The fraction of sp³-hybridized carbons (Fsp3) is 0.294. The van der Waals surface area contributed by atoms with E-state index in [2.05, 4.69) is 10.3 Å². The fourth-order valence-electron chi connectivity index (χ4n) is 2.60. The van der Waals surface area contributed by atoms with Gasteiger partial charge in [0.15, 0.2) is 0 Å². The number of benzene rings is 1. The van der Waals surface area contributed by atoms with Gasteiger partial charge in [-0.1, -0.05) is 0 Å². The Morgan fingerprint density at radius 3 is 2.96 bits per heavy atom. The number of hydrogen-bond donors (Lipinski definition) is 2. The number of nitrogens with zero attached hydrogens (tertiary/aromatic N) is 1. The summed E-state index contributed by atoms with van der Waals surface area (Å²) in [7, 11) is 1.63. The number of methoxy groups -OCH3 is 1. The molecule has 0 fully saturated rings. The van der Waals surface area contributed by atoms with E-state index in [0.29, 0.717) is 12.2 Å². The number of carbonyl (C=O) groups is 1. The molecule has 3 aromatic rings. The number of thiazole rings is 1. The number of amides is 1. The summed E-state index contributed by atoms with van der Waals surface area (Å²) < 4.78 is 11.2. The van der Waals surface area contributed by atoms with Crippen LogP contribution >= 0.6 is 11.3 Å². The van der Waals surface area contributed by atoms with Gasteiger partial charge in [0.25, 0.3) is 5.91 Å². The minimum Gasteiger partial charge on any atom is -0.497 e. The second-order valence-electron chi connectivity index (χ2n) is 5.48. The Morgan fingerprint density at radius 1 is 1.50 bits per heavy atom. The maximum Gasteiger partial charge on any atom is 0.271 e. The standard InChI is InChI=1S/C17H19N3O3S/c1-9-12-6-11(22-3)4-5-14(12)23-16(9)10(2)19-17(21)13-8-24-15(7-18)20-13/h4-6,8,10H,7,18H2,1-3H3,(H,19,21). The average Bonchev–Trinajstić information content (AvgIpc) is 3.19. The van der Waals surface area contributed by atoms with Gasteiger partial charge in [0, 0.05) is 22.9 Å². The van der Waals surface area contributed by atoms with Crippen molar-refractivity contribution >= 4 is 28.2 Å². The van der Waals surface area contributed by atoms with E-state index >= 15 is 0 Å². The van der Waals surface area contributed by atoms with Gasteiger partial charge in [0.05, 0.1) is 13.2 Å². The summed E-state index contributed by atoms with van der Waals surface area (Å²) in [5.74, 6) is 1.25. The van der Waals surface area contributed by atoms with Gasteiger partial charge in [0.2, 0.25) is 0 Å². The van der Waals surface area contributed by atoms with Gasteiger partial charge in [-0.25, -0.2) is 4.98 Å². The topological polar surface area (TPSA) is 90.4 Å². The Balaban J connectivity index is 1.84. The molecule has 0 aliphatic rings. The maximum atomic E-state index is 12.3. The van der Waals surface area contributed by atoms with Crippen molar-refractivity contribution in [1.82, 2.24) is 10.3 Å². The van der Waals surface area contributed by atoms with Crippen molar-refractivity contribution in [3.8, 4) is 5.75 Å². The molecule has 126 valence electrons. The van der Waals surface area contributed by atoms with Crippen LogP contribution in [0.25, 0.3) is 11.0 Å². The van der Waals surface area contributed by atoms with E-state index in [1.165, 1.54) is 11.3 Å². The van der Waals surface area contributed by atoms with E-state index in [-0.39, 0.29) is 11.9 Å². The first kappa shape index (κ1) is 16.5. The van der Waals surface area contributed by atoms with Crippen molar-refractivity contribution in [2.75, 3.05) is 7.11 Å². The van der Waals surface area contributed by atoms with Gasteiger partial charge < -0.3 is 20.2 Å². The molecule has 2 heterocycles. The van der Waals surface area contributed by atoms with Crippen LogP contribution in [0.4, 0.5) is 0 Å². The quantitative estimate of drug-likeness (QED) is 0.741. The van der Waals surface area contributed by atoms with Gasteiger partial charge >= 0.3 is 0 Å². The summed E-state index contributed by atoms with van der Waals surface area (Å²) in [5.41, 5.74) is 7.66. The van der Waals surface area contributed by atoms with Gasteiger partial charge in [0.1, 0.15) is 27.8 Å². The first-order valence-electron chi connectivity index (χ1n) is 7.55. The van der Waals surface area contributed by atoms with Crippen molar-refractivity contribution in [2.45, 2.75) is 26.4 Å². The Kier molecular flexibility index (Phi) is 4.55. The Labute approximate surface area is 143 Å². The second-order valence-corrected chi connectivity index (χ2v) is 6.42. The number of aryl methyl sites for hydroxylation is 1. The lowest BCUT2D eigenvalue weighted by Gasteiger charge is -2.11. The predicted octanol–water partition coefficient (Wildman–Crippen LogP) is 3.16. The summed E-state index contributed by atoms with van der Waals surface area (Å²) in [6.07, 6.45) is 0. The molecule has 6 nitrogen and oxygen atoms in total. The number of rotatable bonds is 5. The van der Waals surface area contributed by atoms with Crippen LogP contribution in [0.5, 0.6) is 5.75 Å². The Bertz CT molecular complexity index is 884. The van der Waals surface area contributed by atoms with Crippen molar-refractivity contribution in [3.05, 3.63) is 45.6 Å². The van der Waals surface area contributed by atoms with E-state index in [9.17, 15) is 4.79 Å². The maximum absolute atomic E-state index is 12.3. The number of fused-ring (bicyclic) bond motifs is 1. The summed E-state index contributed by atoms with van der Waals surface area (Å²) in [5, 5.41) is 6.34. The third kappa shape index (κ3) is 3.00. The molecule has 0 aliphatic carbocycles. The van der Waals surface area contributed by atoms with Crippen molar-refractivity contribution in [2.24, 2.45) is 5.73 Å². The highest BCUT2D eigenvalue weighted by Gasteiger charge is 2.20. The van der Waals surface area contributed by atoms with E-state index in [1.807, 2.05) is 32.0 Å². The molecule has 0 radical (unpaired) electrons. The van der Waals surface area contributed by atoms with Crippen molar-refractivity contribution in [1.29, 1.82) is 0 Å². The molecule has 1 unspecified atom stereocenters. The third-order valence-corrected chi connectivity index (χ3v) is 4.75. The minimum absolute atomic E-state index is 0.240. The van der Waals surface area contributed by atoms with Crippen LogP contribution < -0.4 is 15.8 Å². The zero-order valence-electron chi connectivity index (χ0n) is 13.8. The van der Waals surface area contributed by atoms with Gasteiger partial charge in [-0.2, -0.15) is 0 Å². The molecule has 3 rings (SSSR count). The molecule has 24 heavy (non-hydrogen) atoms. The highest BCUT2D eigenvalue weighted by Crippen LogP contribution is 2.32. The molecule has 1 atom stereocenters. The zero-order valence-corrected chi connectivity index (χ0v) is 14.6. The Hall–Kier alpha value is -2.38. The molecule has 0 saturated heterocycles. The molecule has 3 N–H and O–H groups in total. The molecular weight excluding hydrogens is 326 g/mol. The number of hydrogen-bond acceptors (Lipinski definition) is 6. The van der Waals surface area contributed by atoms with Gasteiger partial charge in [-0.3, -0.25) is 4.79 Å². The SMILES string of the molecule is COc1ccc2oc(C(C)NC(=O)c3csc(CN)n3)c(C)c2c1. The largest absolute Gasteiger partial charge is 0.497 e. The first-order valence-corrected chi connectivity index (χ1v) is 8.43. The van der Waals surface area contributed by atoms with E-state index in [4.69, 9.17) is 14.9 Å². The van der Waals surface area contributed by atoms with Crippen LogP contribution in [0.15, 0.2) is 28.0 Å². The van der Waals surface area contributed by atoms with Crippen LogP contribution in [0.2, 0.25) is 0 Å². The summed E-state index contributed by atoms with van der Waals surface area (Å²) in [6.45, 7) is 4.19. The number of ether oxygens (including phenoxy) is 1. The van der Waals surface area contributed by atoms with Gasteiger partial charge in [-0.05, 0) is 32.0 Å². The zero-order chi connectivity index (χ0) is 17.3. The summed E-state index contributed by atoms with van der Waals surface area (Å²) in [6, 6.07) is 5.37. The van der Waals surface area contributed by atoms with Crippen LogP contribution in [-0.4, -0.2) is 18.0 Å². The van der Waals surface area contributed by atoms with Crippen molar-refractivity contribution < 1.29 is 13.9 Å². The Morgan fingerprint density at radius 2 is 2.29 bits per heavy atom. The van der Waals surface area contributed by atoms with Crippen LogP contribution in [0.1, 0.15) is 39.8 Å². The fourth-order valence-corrected chi connectivity index (χ4v) is 3.26. The third-order valence-electron chi connectivity index (χ3n) is 3.88. The monoisotopic (exact) mass is 345 g/mol. The molecular formula is C17H19N3O3S. The van der Waals surface area contributed by atoms with E-state index in [1.54, 1.807) is 12.5 Å². The molecule has 0 aliphatic heterocycles. The van der Waals surface area contributed by atoms with Crippen LogP contribution in [-0.2, 0) is 6.54 Å². The number of nitrogens with one attached hydrogen (secondary N) is 1. The van der Waals surface area contributed by atoms with Crippen LogP contribution in [0.3, 0.4) is 0 Å². The predicted molar refractivity (Wildman–Crippen MR) is 93.4 cm³/mol. The lowest BCUT2D eigenvalue weighted by Crippen LogP contribution is -2.27. The number of aromatic nitrogens is 1. The smallest absolute Gasteiger partial charge is 0.271 e. The lowest BCUT2D eigenvalue weighted by molar-refractivity contribution is 0.0931. The average molecular weight is 345 g/mol. The normalized spacial score (nSPS) is 12.3. The number of carbonyl (C=O) groups excluding carboxylic acids is 1. The highest BCUT2D eigenvalue weighted by molar-refractivity contribution is 7.09. The molecule has 0 bridgehead atoms. The molecule has 2 aromatic heterocycles. The molecule has 0 spiro atoms. The number of nitrogens with two attached hydrogens (primary N) is 1. The van der Waals surface area contributed by atoms with E-state index < -0.39 is 0 Å². The molecule has 1 aromatic carbocycles. The minimum atomic E-state index is -0.279. The number of furan rings is 1. The van der Waals surface area contributed by atoms with Crippen LogP contribution in [0, 0.1) is 6.92 Å². The molecule has 7 heteroatoms. The highest BCUT2D eigenvalue weighted by atomic mass is 32.1.